The Morgan fingerprint density at radius 2 is 1.82 bits per heavy atom. The lowest BCUT2D eigenvalue weighted by atomic mass is 10.1. The summed E-state index contributed by atoms with van der Waals surface area (Å²) in [5, 5.41) is 9.09. The van der Waals surface area contributed by atoms with E-state index in [1.165, 1.54) is 50.8 Å². The van der Waals surface area contributed by atoms with Gasteiger partial charge in [-0.3, -0.25) is 4.79 Å². The third kappa shape index (κ3) is 6.20. The van der Waals surface area contributed by atoms with Gasteiger partial charge in [0.15, 0.2) is 0 Å². The largest absolute Gasteiger partial charge is 0.481 e. The summed E-state index contributed by atoms with van der Waals surface area (Å²) >= 11 is 0. The lowest BCUT2D eigenvalue weighted by molar-refractivity contribution is -0.707. The number of carboxylic acids is 1. The molecular formula is C18H33N2O2+. The zero-order valence-corrected chi connectivity index (χ0v) is 14.6. The number of imidazole rings is 1. The van der Waals surface area contributed by atoms with Gasteiger partial charge in [0.05, 0.1) is 12.5 Å². The molecular weight excluding hydrogens is 276 g/mol. The molecule has 4 nitrogen and oxygen atoms in total. The number of carbonyl (C=O) groups is 1. The zero-order chi connectivity index (χ0) is 16.4. The Kier molecular flexibility index (Phi) is 8.86. The smallest absolute Gasteiger partial charge is 0.310 e. The molecule has 0 saturated carbocycles. The maximum Gasteiger partial charge on any atom is 0.310 e. The van der Waals surface area contributed by atoms with E-state index in [-0.39, 0.29) is 5.92 Å². The van der Waals surface area contributed by atoms with Gasteiger partial charge in [-0.2, -0.15) is 0 Å². The minimum atomic E-state index is -0.723. The van der Waals surface area contributed by atoms with Crippen molar-refractivity contribution < 1.29 is 14.5 Å². The molecule has 0 aliphatic rings. The normalized spacial score (nSPS) is 12.5. The van der Waals surface area contributed by atoms with Crippen molar-refractivity contribution in [2.75, 3.05) is 0 Å². The number of carboxylic acid groups (broad SMARTS) is 1. The van der Waals surface area contributed by atoms with Crippen LogP contribution in [0.3, 0.4) is 0 Å². The maximum absolute atomic E-state index is 11.1. The molecule has 0 aliphatic carbocycles. The molecule has 0 bridgehead atoms. The summed E-state index contributed by atoms with van der Waals surface area (Å²) in [5.74, 6) is 0.202. The van der Waals surface area contributed by atoms with Gasteiger partial charge in [0.1, 0.15) is 18.9 Å². The number of aryl methyl sites for hydroxylation is 1. The number of hydrogen-bond donors (Lipinski definition) is 1. The molecule has 0 radical (unpaired) electrons. The number of nitrogens with zero attached hydrogens (tertiary/aromatic N) is 2. The highest BCUT2D eigenvalue weighted by Crippen LogP contribution is 2.10. The van der Waals surface area contributed by atoms with Crippen molar-refractivity contribution in [1.29, 1.82) is 0 Å². The van der Waals surface area contributed by atoms with Crippen LogP contribution >= 0.6 is 0 Å². The number of hydrogen-bond acceptors (Lipinski definition) is 1. The van der Waals surface area contributed by atoms with Gasteiger partial charge in [0, 0.05) is 6.42 Å². The van der Waals surface area contributed by atoms with Crippen LogP contribution in [0.5, 0.6) is 0 Å². The predicted octanol–water partition coefficient (Wildman–Crippen LogP) is 3.81. The summed E-state index contributed by atoms with van der Waals surface area (Å²) in [7, 11) is 0. The van der Waals surface area contributed by atoms with E-state index in [0.29, 0.717) is 6.54 Å². The third-order valence-electron chi connectivity index (χ3n) is 4.33. The highest BCUT2D eigenvalue weighted by Gasteiger charge is 2.20. The van der Waals surface area contributed by atoms with Gasteiger partial charge in [0.25, 0.3) is 5.82 Å². The first kappa shape index (κ1) is 18.7. The fourth-order valence-corrected chi connectivity index (χ4v) is 2.85. The summed E-state index contributed by atoms with van der Waals surface area (Å²) in [4.78, 5) is 11.1. The Hall–Kier alpha value is -1.32. The van der Waals surface area contributed by atoms with Crippen LogP contribution in [0.4, 0.5) is 0 Å². The van der Waals surface area contributed by atoms with E-state index in [1.54, 1.807) is 6.92 Å². The van der Waals surface area contributed by atoms with Crippen molar-refractivity contribution in [2.45, 2.75) is 85.2 Å². The van der Waals surface area contributed by atoms with E-state index >= 15 is 0 Å². The molecule has 0 aromatic carbocycles. The van der Waals surface area contributed by atoms with Crippen LogP contribution in [0.2, 0.25) is 0 Å². The highest BCUT2D eigenvalue weighted by atomic mass is 16.4. The van der Waals surface area contributed by atoms with E-state index in [1.807, 2.05) is 6.20 Å². The maximum atomic E-state index is 11.1. The van der Waals surface area contributed by atoms with Crippen LogP contribution in [0.25, 0.3) is 0 Å². The van der Waals surface area contributed by atoms with Gasteiger partial charge in [0.2, 0.25) is 0 Å². The first-order valence-corrected chi connectivity index (χ1v) is 8.90. The Morgan fingerprint density at radius 1 is 1.18 bits per heavy atom. The number of aromatic nitrogens is 2. The van der Waals surface area contributed by atoms with Crippen molar-refractivity contribution in [3.63, 3.8) is 0 Å². The average Bonchev–Trinajstić information content (AvgIpc) is 2.88. The summed E-state index contributed by atoms with van der Waals surface area (Å²) in [6, 6.07) is 0. The number of rotatable bonds is 12. The second kappa shape index (κ2) is 10.4. The van der Waals surface area contributed by atoms with Crippen LogP contribution < -0.4 is 4.57 Å². The first-order chi connectivity index (χ1) is 10.6. The second-order valence-corrected chi connectivity index (χ2v) is 6.26. The van der Waals surface area contributed by atoms with Crippen molar-refractivity contribution >= 4 is 5.97 Å². The molecule has 0 amide bonds. The summed E-state index contributed by atoms with van der Waals surface area (Å²) in [6.45, 7) is 7.67. The lowest BCUT2D eigenvalue weighted by Crippen LogP contribution is -2.41. The molecule has 1 rings (SSSR count). The van der Waals surface area contributed by atoms with Gasteiger partial charge in [-0.25, -0.2) is 9.13 Å². The Morgan fingerprint density at radius 3 is 2.41 bits per heavy atom. The molecule has 0 spiro atoms. The molecule has 1 heterocycles. The van der Waals surface area contributed by atoms with E-state index in [0.717, 1.165) is 13.0 Å². The highest BCUT2D eigenvalue weighted by molar-refractivity contribution is 5.69. The van der Waals surface area contributed by atoms with Crippen LogP contribution in [0.15, 0.2) is 12.4 Å². The summed E-state index contributed by atoms with van der Waals surface area (Å²) in [6.07, 6.45) is 14.3. The molecule has 0 saturated heterocycles. The SMILES string of the molecule is CCCCCCCCCc1n(CC)cc[n+]1CC(C)C(=O)O. The second-order valence-electron chi connectivity index (χ2n) is 6.26. The van der Waals surface area contributed by atoms with Crippen molar-refractivity contribution in [2.24, 2.45) is 5.92 Å². The molecule has 0 fully saturated rings. The van der Waals surface area contributed by atoms with E-state index in [9.17, 15) is 4.79 Å². The zero-order valence-electron chi connectivity index (χ0n) is 14.6. The lowest BCUT2D eigenvalue weighted by Gasteiger charge is -2.07. The molecule has 1 N–H and O–H groups in total. The van der Waals surface area contributed by atoms with Gasteiger partial charge >= 0.3 is 5.97 Å². The average molecular weight is 309 g/mol. The van der Waals surface area contributed by atoms with Crippen LogP contribution in [-0.2, 0) is 24.3 Å². The number of aliphatic carboxylic acids is 1. The third-order valence-corrected chi connectivity index (χ3v) is 4.33. The minimum Gasteiger partial charge on any atom is -0.481 e. The Balaban J connectivity index is 2.46. The molecule has 126 valence electrons. The van der Waals surface area contributed by atoms with Gasteiger partial charge in [-0.15, -0.1) is 0 Å². The van der Waals surface area contributed by atoms with Gasteiger partial charge in [-0.05, 0) is 20.3 Å². The fraction of sp³-hybridized carbons (Fsp3) is 0.778. The monoisotopic (exact) mass is 309 g/mol. The number of unbranched alkanes of at least 4 members (excludes halogenated alkanes) is 6. The Bertz CT molecular complexity index is 440. The molecule has 22 heavy (non-hydrogen) atoms. The van der Waals surface area contributed by atoms with Crippen LogP contribution in [0, 0.1) is 5.92 Å². The van der Waals surface area contributed by atoms with E-state index < -0.39 is 5.97 Å². The first-order valence-electron chi connectivity index (χ1n) is 8.90. The molecule has 1 unspecified atom stereocenters. The topological polar surface area (TPSA) is 46.1 Å². The minimum absolute atomic E-state index is 0.342. The van der Waals surface area contributed by atoms with E-state index in [4.69, 9.17) is 5.11 Å². The quantitative estimate of drug-likeness (QED) is 0.471. The molecule has 1 atom stereocenters. The molecule has 4 heteroatoms. The standard InChI is InChI=1S/C18H32N2O2/c1-4-6-7-8-9-10-11-12-17-19(5-2)13-14-20(17)15-16(3)18(21)22/h13-14,16H,4-12,15H2,1-3H3/p+1. The van der Waals surface area contributed by atoms with E-state index in [2.05, 4.69) is 29.2 Å². The Labute approximate surface area is 135 Å². The fourth-order valence-electron chi connectivity index (χ4n) is 2.85. The van der Waals surface area contributed by atoms with Crippen molar-refractivity contribution in [3.8, 4) is 0 Å². The predicted molar refractivity (Wildman–Crippen MR) is 88.8 cm³/mol. The molecule has 1 aromatic heterocycles. The van der Waals surface area contributed by atoms with Crippen LogP contribution in [0.1, 0.15) is 71.5 Å². The molecule has 1 aromatic rings. The molecule has 0 aliphatic heterocycles. The van der Waals surface area contributed by atoms with Crippen LogP contribution in [-0.4, -0.2) is 15.6 Å². The van der Waals surface area contributed by atoms with Gasteiger partial charge < -0.3 is 5.11 Å². The summed E-state index contributed by atoms with van der Waals surface area (Å²) in [5.41, 5.74) is 0. The summed E-state index contributed by atoms with van der Waals surface area (Å²) < 4.78 is 4.37. The van der Waals surface area contributed by atoms with Crippen molar-refractivity contribution in [1.82, 2.24) is 4.57 Å². The van der Waals surface area contributed by atoms with Gasteiger partial charge in [-0.1, -0.05) is 45.4 Å². The van der Waals surface area contributed by atoms with Crippen molar-refractivity contribution in [3.05, 3.63) is 18.2 Å².